The molecule has 0 amide bonds. The molecule has 1 nitrogen and oxygen atoms in total. The summed E-state index contributed by atoms with van der Waals surface area (Å²) in [5.41, 5.74) is 2.37. The summed E-state index contributed by atoms with van der Waals surface area (Å²) in [5, 5.41) is 2.51. The maximum absolute atomic E-state index is 6.83. The largest absolute Gasteiger partial charge is 0.312 e. The molecule has 0 fully saturated rings. The van der Waals surface area contributed by atoms with Crippen molar-refractivity contribution in [3.8, 4) is 0 Å². The molecule has 1 heteroatoms. The lowest BCUT2D eigenvalue weighted by Gasteiger charge is -2.02. The van der Waals surface area contributed by atoms with Gasteiger partial charge in [0.25, 0.3) is 0 Å². The Morgan fingerprint density at radius 2 is 1.88 bits per heavy atom. The van der Waals surface area contributed by atoms with E-state index in [9.17, 15) is 0 Å². The summed E-state index contributed by atoms with van der Waals surface area (Å²) in [6.45, 7) is 13.4. The van der Waals surface area contributed by atoms with Gasteiger partial charge in [0, 0.05) is 5.56 Å². The third-order valence-electron chi connectivity index (χ3n) is 2.43. The fourth-order valence-electron chi connectivity index (χ4n) is 1.67. The molecule has 0 heterocycles. The van der Waals surface area contributed by atoms with Crippen molar-refractivity contribution in [2.75, 3.05) is 0 Å². The lowest BCUT2D eigenvalue weighted by atomic mass is 10.0. The first-order chi connectivity index (χ1) is 7.81. The second-order valence-corrected chi connectivity index (χ2v) is 3.45. The summed E-state index contributed by atoms with van der Waals surface area (Å²) in [5.74, 6) is 0. The Kier molecular flexibility index (Phi) is 4.54. The van der Waals surface area contributed by atoms with Crippen molar-refractivity contribution in [1.29, 1.82) is 0 Å². The van der Waals surface area contributed by atoms with Crippen LogP contribution in [0.3, 0.4) is 0 Å². The number of benzene rings is 2. The average molecular weight is 211 g/mol. The van der Waals surface area contributed by atoms with Gasteiger partial charge in [-0.25, -0.2) is 6.57 Å². The zero-order chi connectivity index (χ0) is 12.0. The van der Waals surface area contributed by atoms with Crippen LogP contribution >= 0.6 is 0 Å². The van der Waals surface area contributed by atoms with E-state index in [4.69, 9.17) is 6.57 Å². The van der Waals surface area contributed by atoms with Gasteiger partial charge in [-0.05, 0) is 29.3 Å². The maximum Gasteiger partial charge on any atom is 0.239 e. The van der Waals surface area contributed by atoms with E-state index in [2.05, 4.69) is 42.1 Å². The number of rotatable bonds is 1. The predicted octanol–water partition coefficient (Wildman–Crippen LogP) is 4.59. The van der Waals surface area contributed by atoms with Crippen LogP contribution in [-0.2, 0) is 6.54 Å². The summed E-state index contributed by atoms with van der Waals surface area (Å²) < 4.78 is 0. The smallest absolute Gasteiger partial charge is 0.239 e. The van der Waals surface area contributed by atoms with Crippen molar-refractivity contribution < 1.29 is 0 Å². The molecule has 0 saturated carbocycles. The molecule has 0 radical (unpaired) electrons. The molecule has 0 aliphatic rings. The van der Waals surface area contributed by atoms with E-state index in [0.717, 1.165) is 5.56 Å². The van der Waals surface area contributed by atoms with E-state index in [1.165, 1.54) is 16.3 Å². The van der Waals surface area contributed by atoms with E-state index >= 15 is 0 Å². The third-order valence-corrected chi connectivity index (χ3v) is 2.43. The minimum atomic E-state index is 0.476. The highest BCUT2D eigenvalue weighted by molar-refractivity contribution is 5.86. The lowest BCUT2D eigenvalue weighted by molar-refractivity contribution is 1.27. The van der Waals surface area contributed by atoms with Crippen molar-refractivity contribution >= 4 is 10.8 Å². The van der Waals surface area contributed by atoms with Gasteiger partial charge in [0.15, 0.2) is 0 Å². The molecule has 16 heavy (non-hydrogen) atoms. The van der Waals surface area contributed by atoms with Gasteiger partial charge in [0.2, 0.25) is 6.54 Å². The fraction of sp³-hybridized carbons (Fsp3) is 0.267. The lowest BCUT2D eigenvalue weighted by Crippen LogP contribution is -1.82. The van der Waals surface area contributed by atoms with Crippen LogP contribution in [0.5, 0.6) is 0 Å². The van der Waals surface area contributed by atoms with Crippen LogP contribution in [0, 0.1) is 13.5 Å². The highest BCUT2D eigenvalue weighted by Gasteiger charge is 1.99. The van der Waals surface area contributed by atoms with Gasteiger partial charge in [0.1, 0.15) is 0 Å². The molecule has 0 bridgehead atoms. The fourth-order valence-corrected chi connectivity index (χ4v) is 1.67. The van der Waals surface area contributed by atoms with Gasteiger partial charge < -0.3 is 4.85 Å². The van der Waals surface area contributed by atoms with Crippen LogP contribution in [0.2, 0.25) is 0 Å². The van der Waals surface area contributed by atoms with Crippen molar-refractivity contribution in [3.63, 3.8) is 0 Å². The van der Waals surface area contributed by atoms with Gasteiger partial charge in [-0.3, -0.25) is 0 Å². The Labute approximate surface area is 97.5 Å². The first-order valence-electron chi connectivity index (χ1n) is 5.63. The van der Waals surface area contributed by atoms with Crippen LogP contribution in [0.15, 0.2) is 36.4 Å². The number of aryl methyl sites for hydroxylation is 1. The molecular formula is C15H17N. The maximum atomic E-state index is 6.83. The van der Waals surface area contributed by atoms with Gasteiger partial charge in [-0.15, -0.1) is 0 Å². The summed E-state index contributed by atoms with van der Waals surface area (Å²) in [4.78, 5) is 3.39. The zero-order valence-corrected chi connectivity index (χ0v) is 10.1. The molecule has 2 aromatic carbocycles. The number of fused-ring (bicyclic) bond motifs is 1. The Balaban J connectivity index is 0.000000606. The molecule has 0 atom stereocenters. The third kappa shape index (κ3) is 2.61. The van der Waals surface area contributed by atoms with E-state index < -0.39 is 0 Å². The van der Waals surface area contributed by atoms with Gasteiger partial charge in [-0.1, -0.05) is 44.2 Å². The predicted molar refractivity (Wildman–Crippen MR) is 70.3 cm³/mol. The molecular weight excluding hydrogens is 194 g/mol. The zero-order valence-electron chi connectivity index (χ0n) is 10.1. The SMILES string of the molecule is CC.[C-]#[N+]Cc1ccc2cccc(C)c2c1. The topological polar surface area (TPSA) is 4.36 Å². The molecule has 2 rings (SSSR count). The highest BCUT2D eigenvalue weighted by atomic mass is 14.6. The summed E-state index contributed by atoms with van der Waals surface area (Å²) in [7, 11) is 0. The van der Waals surface area contributed by atoms with Crippen molar-refractivity contribution in [2.24, 2.45) is 0 Å². The molecule has 0 aliphatic carbocycles. The second kappa shape index (κ2) is 5.92. The molecule has 0 aromatic heterocycles. The number of nitrogens with zero attached hydrogens (tertiary/aromatic N) is 1. The minimum Gasteiger partial charge on any atom is -0.312 e. The number of hydrogen-bond acceptors (Lipinski definition) is 0. The molecule has 0 aliphatic heterocycles. The first-order valence-corrected chi connectivity index (χ1v) is 5.63. The Hall–Kier alpha value is -1.81. The summed E-state index contributed by atoms with van der Waals surface area (Å²) >= 11 is 0. The van der Waals surface area contributed by atoms with Crippen molar-refractivity contribution in [1.82, 2.24) is 0 Å². The van der Waals surface area contributed by atoms with Crippen molar-refractivity contribution in [3.05, 3.63) is 58.9 Å². The van der Waals surface area contributed by atoms with Gasteiger partial charge in [-0.2, -0.15) is 0 Å². The van der Waals surface area contributed by atoms with E-state index in [1.807, 2.05) is 19.9 Å². The Morgan fingerprint density at radius 1 is 1.12 bits per heavy atom. The molecule has 0 unspecified atom stereocenters. The molecule has 2 aromatic rings. The molecule has 0 saturated heterocycles. The van der Waals surface area contributed by atoms with E-state index in [0.29, 0.717) is 6.54 Å². The standard InChI is InChI=1S/C13H11N.C2H6/c1-10-4-3-5-12-7-6-11(9-14-2)8-13(10)12;1-2/h3-8H,9H2,1H3;1-2H3. The van der Waals surface area contributed by atoms with Crippen LogP contribution in [-0.4, -0.2) is 0 Å². The van der Waals surface area contributed by atoms with E-state index in [-0.39, 0.29) is 0 Å². The molecule has 0 N–H and O–H groups in total. The Bertz CT molecular complexity index is 506. The van der Waals surface area contributed by atoms with Crippen molar-refractivity contribution in [2.45, 2.75) is 27.3 Å². The normalized spacial score (nSPS) is 9.12. The monoisotopic (exact) mass is 211 g/mol. The molecule has 0 spiro atoms. The molecule has 82 valence electrons. The second-order valence-electron chi connectivity index (χ2n) is 3.45. The van der Waals surface area contributed by atoms with Crippen LogP contribution in [0.25, 0.3) is 15.6 Å². The quantitative estimate of drug-likeness (QED) is 0.607. The number of hydrogen-bond donors (Lipinski definition) is 0. The summed E-state index contributed by atoms with van der Waals surface area (Å²) in [6, 6.07) is 12.5. The summed E-state index contributed by atoms with van der Waals surface area (Å²) in [6.07, 6.45) is 0. The minimum absolute atomic E-state index is 0.476. The van der Waals surface area contributed by atoms with Crippen LogP contribution in [0.4, 0.5) is 0 Å². The first kappa shape index (κ1) is 12.3. The van der Waals surface area contributed by atoms with Crippen LogP contribution in [0.1, 0.15) is 25.0 Å². The highest BCUT2D eigenvalue weighted by Crippen LogP contribution is 2.20. The van der Waals surface area contributed by atoms with Crippen LogP contribution < -0.4 is 0 Å². The van der Waals surface area contributed by atoms with E-state index in [1.54, 1.807) is 0 Å². The van der Waals surface area contributed by atoms with Gasteiger partial charge in [0.05, 0.1) is 0 Å². The van der Waals surface area contributed by atoms with Gasteiger partial charge >= 0.3 is 0 Å². The average Bonchev–Trinajstić information content (AvgIpc) is 2.33. The Morgan fingerprint density at radius 3 is 2.56 bits per heavy atom.